The van der Waals surface area contributed by atoms with E-state index in [9.17, 15) is 4.79 Å². The highest BCUT2D eigenvalue weighted by atomic mass is 32.1. The molecule has 6 heteroatoms. The molecule has 1 aliphatic heterocycles. The molecule has 1 amide bonds. The van der Waals surface area contributed by atoms with Crippen molar-refractivity contribution in [1.29, 1.82) is 0 Å². The van der Waals surface area contributed by atoms with E-state index in [1.54, 1.807) is 11.3 Å². The maximum Gasteiger partial charge on any atom is 0.253 e. The molecule has 1 aromatic carbocycles. The zero-order valence-corrected chi connectivity index (χ0v) is 18.4. The van der Waals surface area contributed by atoms with Crippen molar-refractivity contribution in [3.8, 4) is 0 Å². The average molecular weight is 413 g/mol. The second kappa shape index (κ2) is 11.0. The van der Waals surface area contributed by atoms with E-state index in [-0.39, 0.29) is 5.91 Å². The zero-order chi connectivity index (χ0) is 20.5. The minimum Gasteiger partial charge on any atom is -0.357 e. The second-order valence-electron chi connectivity index (χ2n) is 7.47. The van der Waals surface area contributed by atoms with Crippen LogP contribution in [-0.4, -0.2) is 54.9 Å². The molecule has 5 nitrogen and oxygen atoms in total. The highest BCUT2D eigenvalue weighted by molar-refractivity contribution is 7.09. The normalized spacial score (nSPS) is 14.7. The summed E-state index contributed by atoms with van der Waals surface area (Å²) in [5, 5.41) is 5.49. The van der Waals surface area contributed by atoms with Crippen molar-refractivity contribution in [3.63, 3.8) is 0 Å². The number of nitrogens with one attached hydrogen (secondary N) is 1. The van der Waals surface area contributed by atoms with Crippen molar-refractivity contribution in [2.45, 2.75) is 39.2 Å². The van der Waals surface area contributed by atoms with Gasteiger partial charge in [0.2, 0.25) is 0 Å². The first kappa shape index (κ1) is 21.4. The molecule has 1 N–H and O–H groups in total. The summed E-state index contributed by atoms with van der Waals surface area (Å²) >= 11 is 1.79. The topological polar surface area (TPSA) is 47.9 Å². The molecule has 0 radical (unpaired) electrons. The molecule has 2 heterocycles. The van der Waals surface area contributed by atoms with Gasteiger partial charge in [-0.1, -0.05) is 18.2 Å². The predicted octanol–water partition coefficient (Wildman–Crippen LogP) is 4.01. The van der Waals surface area contributed by atoms with Crippen LogP contribution in [0.25, 0.3) is 0 Å². The third kappa shape index (κ3) is 6.32. The Morgan fingerprint density at radius 3 is 2.76 bits per heavy atom. The van der Waals surface area contributed by atoms with Crippen LogP contribution < -0.4 is 5.32 Å². The van der Waals surface area contributed by atoms with Crippen LogP contribution in [0.4, 0.5) is 0 Å². The van der Waals surface area contributed by atoms with E-state index in [2.05, 4.69) is 41.7 Å². The summed E-state index contributed by atoms with van der Waals surface area (Å²) in [4.78, 5) is 23.1. The van der Waals surface area contributed by atoms with E-state index < -0.39 is 0 Å². The quantitative estimate of drug-likeness (QED) is 0.552. The molecule has 0 aliphatic carbocycles. The number of carbonyl (C=O) groups is 1. The Balaban J connectivity index is 1.63. The number of hydrogen-bond donors (Lipinski definition) is 1. The van der Waals surface area contributed by atoms with E-state index in [1.807, 2.05) is 29.2 Å². The van der Waals surface area contributed by atoms with Crippen LogP contribution in [0.1, 0.15) is 47.0 Å². The molecule has 0 atom stereocenters. The smallest absolute Gasteiger partial charge is 0.253 e. The summed E-state index contributed by atoms with van der Waals surface area (Å²) in [7, 11) is 2.07. The van der Waals surface area contributed by atoms with Crippen molar-refractivity contribution in [3.05, 3.63) is 57.8 Å². The van der Waals surface area contributed by atoms with Gasteiger partial charge in [-0.25, -0.2) is 4.99 Å². The molecule has 156 valence electrons. The Labute approximate surface area is 178 Å². The SMILES string of the molecule is CCNC(=NCc1cccc(C(=O)N2CCCCC2)c1)N(C)CCc1cccs1. The van der Waals surface area contributed by atoms with Gasteiger partial charge in [0.25, 0.3) is 5.91 Å². The lowest BCUT2D eigenvalue weighted by molar-refractivity contribution is 0.0724. The maximum absolute atomic E-state index is 12.8. The van der Waals surface area contributed by atoms with Gasteiger partial charge in [-0.2, -0.15) is 0 Å². The lowest BCUT2D eigenvalue weighted by Crippen LogP contribution is -2.39. The summed E-state index contributed by atoms with van der Waals surface area (Å²) in [6.45, 7) is 6.14. The van der Waals surface area contributed by atoms with Crippen molar-refractivity contribution in [1.82, 2.24) is 15.1 Å². The highest BCUT2D eigenvalue weighted by Gasteiger charge is 2.18. The Bertz CT molecular complexity index is 797. The highest BCUT2D eigenvalue weighted by Crippen LogP contribution is 2.15. The number of rotatable bonds is 7. The Morgan fingerprint density at radius 1 is 1.21 bits per heavy atom. The molecule has 2 aromatic rings. The van der Waals surface area contributed by atoms with E-state index in [4.69, 9.17) is 4.99 Å². The van der Waals surface area contributed by atoms with Crippen LogP contribution in [0, 0.1) is 0 Å². The number of amides is 1. The molecular weight excluding hydrogens is 380 g/mol. The number of nitrogens with zero attached hydrogens (tertiary/aromatic N) is 3. The summed E-state index contributed by atoms with van der Waals surface area (Å²) in [6.07, 6.45) is 4.46. The first-order valence-electron chi connectivity index (χ1n) is 10.6. The van der Waals surface area contributed by atoms with E-state index in [1.165, 1.54) is 11.3 Å². The molecule has 1 aromatic heterocycles. The number of guanidine groups is 1. The first-order chi connectivity index (χ1) is 14.2. The third-order valence-electron chi connectivity index (χ3n) is 5.20. The molecule has 1 aliphatic rings. The number of likely N-dealkylation sites (N-methyl/N-ethyl adjacent to an activating group) is 1. The molecular formula is C23H32N4OS. The van der Waals surface area contributed by atoms with Gasteiger partial charge in [0.05, 0.1) is 6.54 Å². The van der Waals surface area contributed by atoms with Gasteiger partial charge in [-0.05, 0) is 61.7 Å². The average Bonchev–Trinajstić information content (AvgIpc) is 3.29. The fourth-order valence-electron chi connectivity index (χ4n) is 3.56. The van der Waals surface area contributed by atoms with Gasteiger partial charge < -0.3 is 15.1 Å². The third-order valence-corrected chi connectivity index (χ3v) is 6.13. The van der Waals surface area contributed by atoms with Gasteiger partial charge in [0.15, 0.2) is 5.96 Å². The number of piperidine rings is 1. The fourth-order valence-corrected chi connectivity index (χ4v) is 4.25. The largest absolute Gasteiger partial charge is 0.357 e. The van der Waals surface area contributed by atoms with Crippen LogP contribution in [0.15, 0.2) is 46.8 Å². The summed E-state index contributed by atoms with van der Waals surface area (Å²) < 4.78 is 0. The second-order valence-corrected chi connectivity index (χ2v) is 8.51. The predicted molar refractivity (Wildman–Crippen MR) is 122 cm³/mol. The minimum absolute atomic E-state index is 0.149. The monoisotopic (exact) mass is 412 g/mol. The molecule has 1 fully saturated rings. The maximum atomic E-state index is 12.8. The lowest BCUT2D eigenvalue weighted by Gasteiger charge is -2.26. The molecule has 1 saturated heterocycles. The molecule has 0 spiro atoms. The Hall–Kier alpha value is -2.34. The van der Waals surface area contributed by atoms with Gasteiger partial charge >= 0.3 is 0 Å². The van der Waals surface area contributed by atoms with Crippen LogP contribution in [0.5, 0.6) is 0 Å². The van der Waals surface area contributed by atoms with Crippen LogP contribution in [0.2, 0.25) is 0 Å². The van der Waals surface area contributed by atoms with Gasteiger partial charge in [0, 0.05) is 43.7 Å². The first-order valence-corrected chi connectivity index (χ1v) is 11.5. The fraction of sp³-hybridized carbons (Fsp3) is 0.478. The van der Waals surface area contributed by atoms with E-state index in [0.29, 0.717) is 6.54 Å². The molecule has 0 unspecified atom stereocenters. The number of hydrogen-bond acceptors (Lipinski definition) is 3. The lowest BCUT2D eigenvalue weighted by atomic mass is 10.1. The molecule has 0 bridgehead atoms. The van der Waals surface area contributed by atoms with Crippen molar-refractivity contribution >= 4 is 23.2 Å². The molecule has 0 saturated carbocycles. The van der Waals surface area contributed by atoms with Gasteiger partial charge in [-0.3, -0.25) is 4.79 Å². The number of thiophene rings is 1. The number of benzene rings is 1. The van der Waals surface area contributed by atoms with Gasteiger partial charge in [0.1, 0.15) is 0 Å². The van der Waals surface area contributed by atoms with Crippen molar-refractivity contribution < 1.29 is 4.79 Å². The Kier molecular flexibility index (Phi) is 8.11. The van der Waals surface area contributed by atoms with E-state index in [0.717, 1.165) is 62.5 Å². The van der Waals surface area contributed by atoms with Crippen molar-refractivity contribution in [2.75, 3.05) is 33.2 Å². The molecule has 29 heavy (non-hydrogen) atoms. The summed E-state index contributed by atoms with van der Waals surface area (Å²) in [5.74, 6) is 1.05. The van der Waals surface area contributed by atoms with Crippen LogP contribution >= 0.6 is 11.3 Å². The Morgan fingerprint density at radius 2 is 2.03 bits per heavy atom. The van der Waals surface area contributed by atoms with Crippen LogP contribution in [-0.2, 0) is 13.0 Å². The summed E-state index contributed by atoms with van der Waals surface area (Å²) in [6, 6.07) is 12.2. The standard InChI is InChI=1S/C23H32N4OS/c1-3-24-23(26(2)15-12-21-11-8-16-29-21)25-18-19-9-7-10-20(17-19)22(28)27-13-5-4-6-14-27/h7-11,16-17H,3-6,12-15,18H2,1-2H3,(H,24,25). The number of carbonyl (C=O) groups excluding carboxylic acids is 1. The molecule has 3 rings (SSSR count). The van der Waals surface area contributed by atoms with Gasteiger partial charge in [-0.15, -0.1) is 11.3 Å². The number of likely N-dealkylation sites (tertiary alicyclic amines) is 1. The number of aliphatic imine (C=N–C) groups is 1. The van der Waals surface area contributed by atoms with E-state index >= 15 is 0 Å². The minimum atomic E-state index is 0.149. The van der Waals surface area contributed by atoms with Crippen LogP contribution in [0.3, 0.4) is 0 Å². The zero-order valence-electron chi connectivity index (χ0n) is 17.6. The summed E-state index contributed by atoms with van der Waals surface area (Å²) in [5.41, 5.74) is 1.84. The van der Waals surface area contributed by atoms with Crippen molar-refractivity contribution in [2.24, 2.45) is 4.99 Å².